The highest BCUT2D eigenvalue weighted by atomic mass is 35.5. The van der Waals surface area contributed by atoms with Crippen LogP contribution >= 0.6 is 11.6 Å². The first-order valence-corrected chi connectivity index (χ1v) is 7.78. The highest BCUT2D eigenvalue weighted by Gasteiger charge is 2.59. The Bertz CT molecular complexity index is 597. The molecule has 2 aliphatic carbocycles. The quantitative estimate of drug-likeness (QED) is 0.884. The molecule has 0 aliphatic heterocycles. The maximum atomic E-state index is 11.2. The third-order valence-electron chi connectivity index (χ3n) is 5.61. The fourth-order valence-electron chi connectivity index (χ4n) is 4.48. The fourth-order valence-corrected chi connectivity index (χ4v) is 4.67. The number of carbonyl (C=O) groups is 1. The van der Waals surface area contributed by atoms with Crippen LogP contribution in [0.25, 0.3) is 0 Å². The molecule has 2 aliphatic rings. The zero-order chi connectivity index (χ0) is 15.4. The van der Waals surface area contributed by atoms with Gasteiger partial charge in [-0.2, -0.15) is 0 Å². The second kappa shape index (κ2) is 4.60. The number of carboxylic acids is 1. The van der Waals surface area contributed by atoms with Gasteiger partial charge >= 0.3 is 5.97 Å². The molecule has 0 spiro atoms. The van der Waals surface area contributed by atoms with Crippen LogP contribution in [0, 0.1) is 16.7 Å². The lowest BCUT2D eigenvalue weighted by Gasteiger charge is -2.43. The van der Waals surface area contributed by atoms with E-state index in [0.717, 1.165) is 5.92 Å². The summed E-state index contributed by atoms with van der Waals surface area (Å²) in [6, 6.07) is 3.67. The molecule has 5 heteroatoms. The lowest BCUT2D eigenvalue weighted by atomic mass is 9.68. The number of pyridine rings is 1. The number of nitrogens with zero attached hydrogens (tertiary/aromatic N) is 1. The number of aromatic nitrogens is 1. The van der Waals surface area contributed by atoms with Crippen LogP contribution in [0.15, 0.2) is 12.1 Å². The minimum absolute atomic E-state index is 0.0900. The molecule has 3 rings (SSSR count). The Morgan fingerprint density at radius 2 is 2.14 bits per heavy atom. The van der Waals surface area contributed by atoms with Gasteiger partial charge in [0.25, 0.3) is 0 Å². The van der Waals surface area contributed by atoms with Crippen molar-refractivity contribution in [2.75, 3.05) is 5.32 Å². The SMILES string of the molecule is CC12CCC(C1)C(C)(C)C2Nc1ccc(Cl)c(C(=O)O)n1. The summed E-state index contributed by atoms with van der Waals surface area (Å²) in [5, 5.41) is 12.8. The molecule has 0 aromatic carbocycles. The molecule has 2 bridgehead atoms. The van der Waals surface area contributed by atoms with E-state index in [4.69, 9.17) is 16.7 Å². The van der Waals surface area contributed by atoms with E-state index in [1.54, 1.807) is 12.1 Å². The van der Waals surface area contributed by atoms with Gasteiger partial charge in [-0.1, -0.05) is 32.4 Å². The molecule has 2 fully saturated rings. The highest BCUT2D eigenvalue weighted by molar-refractivity contribution is 6.33. The standard InChI is InChI=1S/C16H21ClN2O2/c1-15(2)9-6-7-16(3,8-9)14(15)19-11-5-4-10(17)12(18-11)13(20)21/h4-5,9,14H,6-8H2,1-3H3,(H,18,19)(H,20,21). The number of hydrogen-bond donors (Lipinski definition) is 2. The first-order chi connectivity index (χ1) is 9.74. The number of carboxylic acid groups (broad SMARTS) is 1. The van der Waals surface area contributed by atoms with E-state index in [2.05, 4.69) is 31.1 Å². The Morgan fingerprint density at radius 1 is 1.43 bits per heavy atom. The lowest BCUT2D eigenvalue weighted by molar-refractivity contribution is 0.0691. The number of rotatable bonds is 3. The molecule has 4 nitrogen and oxygen atoms in total. The largest absolute Gasteiger partial charge is 0.476 e. The third-order valence-corrected chi connectivity index (χ3v) is 5.92. The van der Waals surface area contributed by atoms with Crippen LogP contribution in [0.4, 0.5) is 5.82 Å². The molecule has 0 saturated heterocycles. The minimum atomic E-state index is -1.10. The third kappa shape index (κ3) is 2.20. The summed E-state index contributed by atoms with van der Waals surface area (Å²) >= 11 is 5.88. The summed E-state index contributed by atoms with van der Waals surface area (Å²) in [5.41, 5.74) is 0.365. The maximum absolute atomic E-state index is 11.2. The molecular weight excluding hydrogens is 288 g/mol. The van der Waals surface area contributed by atoms with Gasteiger partial charge < -0.3 is 10.4 Å². The summed E-state index contributed by atoms with van der Waals surface area (Å²) in [5.74, 6) is 0.233. The normalized spacial score (nSPS) is 33.1. The van der Waals surface area contributed by atoms with E-state index >= 15 is 0 Å². The van der Waals surface area contributed by atoms with Crippen LogP contribution in [0.1, 0.15) is 50.5 Å². The molecule has 0 amide bonds. The van der Waals surface area contributed by atoms with Crippen molar-refractivity contribution in [1.82, 2.24) is 4.98 Å². The molecule has 1 aromatic rings. The number of hydrogen-bond acceptors (Lipinski definition) is 3. The Labute approximate surface area is 129 Å². The van der Waals surface area contributed by atoms with Crippen molar-refractivity contribution in [2.45, 2.75) is 46.1 Å². The number of anilines is 1. The average molecular weight is 309 g/mol. The number of aromatic carboxylic acids is 1. The van der Waals surface area contributed by atoms with E-state index < -0.39 is 5.97 Å². The zero-order valence-corrected chi connectivity index (χ0v) is 13.4. The van der Waals surface area contributed by atoms with Gasteiger partial charge in [0.1, 0.15) is 5.82 Å². The Hall–Kier alpha value is -1.29. The molecule has 2 saturated carbocycles. The Kier molecular flexibility index (Phi) is 3.21. The van der Waals surface area contributed by atoms with Crippen molar-refractivity contribution >= 4 is 23.4 Å². The van der Waals surface area contributed by atoms with Gasteiger partial charge in [0, 0.05) is 6.04 Å². The van der Waals surface area contributed by atoms with E-state index in [9.17, 15) is 4.79 Å². The first-order valence-electron chi connectivity index (χ1n) is 7.40. The molecule has 3 unspecified atom stereocenters. The van der Waals surface area contributed by atoms with Crippen molar-refractivity contribution in [3.05, 3.63) is 22.8 Å². The van der Waals surface area contributed by atoms with E-state index in [0.29, 0.717) is 11.9 Å². The van der Waals surface area contributed by atoms with Crippen molar-refractivity contribution < 1.29 is 9.90 Å². The van der Waals surface area contributed by atoms with Gasteiger partial charge in [-0.3, -0.25) is 0 Å². The molecule has 2 N–H and O–H groups in total. The predicted molar refractivity (Wildman–Crippen MR) is 82.8 cm³/mol. The summed E-state index contributed by atoms with van der Waals surface area (Å²) in [4.78, 5) is 15.3. The number of nitrogens with one attached hydrogen (secondary N) is 1. The molecule has 114 valence electrons. The Balaban J connectivity index is 1.90. The summed E-state index contributed by atoms with van der Waals surface area (Å²) < 4.78 is 0. The van der Waals surface area contributed by atoms with Crippen molar-refractivity contribution in [1.29, 1.82) is 0 Å². The summed E-state index contributed by atoms with van der Waals surface area (Å²) in [7, 11) is 0. The second-order valence-electron chi connectivity index (χ2n) is 7.32. The number of fused-ring (bicyclic) bond motifs is 2. The molecule has 21 heavy (non-hydrogen) atoms. The monoisotopic (exact) mass is 308 g/mol. The summed E-state index contributed by atoms with van der Waals surface area (Å²) in [6.45, 7) is 6.93. The Morgan fingerprint density at radius 3 is 2.71 bits per heavy atom. The smallest absolute Gasteiger partial charge is 0.356 e. The molecule has 0 radical (unpaired) electrons. The van der Waals surface area contributed by atoms with Crippen LogP contribution in [0.2, 0.25) is 5.02 Å². The first kappa shape index (κ1) is 14.6. The van der Waals surface area contributed by atoms with Gasteiger partial charge in [0.05, 0.1) is 5.02 Å². The van der Waals surface area contributed by atoms with Gasteiger partial charge in [-0.15, -0.1) is 0 Å². The van der Waals surface area contributed by atoms with Crippen LogP contribution in [0.3, 0.4) is 0 Å². The maximum Gasteiger partial charge on any atom is 0.356 e. The van der Waals surface area contributed by atoms with E-state index in [1.165, 1.54) is 19.3 Å². The van der Waals surface area contributed by atoms with Crippen LogP contribution in [-0.2, 0) is 0 Å². The van der Waals surface area contributed by atoms with Gasteiger partial charge in [0.2, 0.25) is 0 Å². The average Bonchev–Trinajstić information content (AvgIpc) is 2.87. The van der Waals surface area contributed by atoms with Crippen molar-refractivity contribution in [2.24, 2.45) is 16.7 Å². The van der Waals surface area contributed by atoms with Crippen LogP contribution in [0.5, 0.6) is 0 Å². The minimum Gasteiger partial charge on any atom is -0.476 e. The topological polar surface area (TPSA) is 62.2 Å². The molecular formula is C16H21ClN2O2. The van der Waals surface area contributed by atoms with Gasteiger partial charge in [-0.05, 0) is 48.1 Å². The van der Waals surface area contributed by atoms with Crippen molar-refractivity contribution in [3.8, 4) is 0 Å². The lowest BCUT2D eigenvalue weighted by Crippen LogP contribution is -2.46. The number of halogens is 1. The van der Waals surface area contributed by atoms with Crippen molar-refractivity contribution in [3.63, 3.8) is 0 Å². The van der Waals surface area contributed by atoms with Crippen LogP contribution < -0.4 is 5.32 Å². The molecule has 3 atom stereocenters. The van der Waals surface area contributed by atoms with Gasteiger partial charge in [0.15, 0.2) is 5.69 Å². The zero-order valence-electron chi connectivity index (χ0n) is 12.6. The van der Waals surface area contributed by atoms with Crippen LogP contribution in [-0.4, -0.2) is 22.1 Å². The predicted octanol–water partition coefficient (Wildman–Crippen LogP) is 4.06. The molecule has 1 heterocycles. The van der Waals surface area contributed by atoms with E-state index in [1.807, 2.05) is 0 Å². The second-order valence-corrected chi connectivity index (χ2v) is 7.73. The summed E-state index contributed by atoms with van der Waals surface area (Å²) in [6.07, 6.45) is 3.74. The highest BCUT2D eigenvalue weighted by Crippen LogP contribution is 2.63. The van der Waals surface area contributed by atoms with Gasteiger partial charge in [-0.25, -0.2) is 9.78 Å². The fraction of sp³-hybridized carbons (Fsp3) is 0.625. The molecule has 1 aromatic heterocycles. The van der Waals surface area contributed by atoms with E-state index in [-0.39, 0.29) is 21.5 Å².